The smallest absolute Gasteiger partial charge is 0.171 e. The average molecular weight is 204 g/mol. The molecular weight excluding hydrogens is 188 g/mol. The molecule has 1 N–H and O–H groups in total. The Hall–Kier alpha value is -1.15. The molecule has 1 saturated carbocycles. The molecule has 1 fully saturated rings. The van der Waals surface area contributed by atoms with Gasteiger partial charge in [0, 0.05) is 5.56 Å². The largest absolute Gasteiger partial charge is 0.395 e. The van der Waals surface area contributed by atoms with E-state index in [-0.39, 0.29) is 12.4 Å². The van der Waals surface area contributed by atoms with Crippen LogP contribution in [-0.4, -0.2) is 17.5 Å². The molecule has 1 aliphatic carbocycles. The number of aliphatic hydroxyl groups excluding tert-OH is 1. The fourth-order valence-corrected chi connectivity index (χ4v) is 2.15. The zero-order valence-corrected chi connectivity index (χ0v) is 8.99. The fraction of sp³-hybridized carbons (Fsp3) is 0.462. The minimum Gasteiger partial charge on any atom is -0.395 e. The summed E-state index contributed by atoms with van der Waals surface area (Å²) in [6.07, 6.45) is 2.71. The summed E-state index contributed by atoms with van der Waals surface area (Å²) in [5.74, 6) is 0.111. The van der Waals surface area contributed by atoms with Crippen molar-refractivity contribution in [1.82, 2.24) is 0 Å². The lowest BCUT2D eigenvalue weighted by molar-refractivity contribution is 0.0348. The number of benzene rings is 1. The van der Waals surface area contributed by atoms with Gasteiger partial charge in [-0.2, -0.15) is 0 Å². The van der Waals surface area contributed by atoms with E-state index in [1.54, 1.807) is 0 Å². The minimum atomic E-state index is -0.464. The number of hydrogen-bond donors (Lipinski definition) is 1. The second-order valence-electron chi connectivity index (χ2n) is 4.49. The van der Waals surface area contributed by atoms with Gasteiger partial charge in [-0.05, 0) is 25.8 Å². The first-order valence-electron chi connectivity index (χ1n) is 5.40. The van der Waals surface area contributed by atoms with E-state index in [1.807, 2.05) is 31.2 Å². The Labute approximate surface area is 89.9 Å². The maximum Gasteiger partial charge on any atom is 0.171 e. The highest BCUT2D eigenvalue weighted by Crippen LogP contribution is 2.43. The third-order valence-corrected chi connectivity index (χ3v) is 3.38. The zero-order chi connectivity index (χ0) is 10.9. The molecule has 80 valence electrons. The van der Waals surface area contributed by atoms with Crippen LogP contribution >= 0.6 is 0 Å². The molecule has 15 heavy (non-hydrogen) atoms. The van der Waals surface area contributed by atoms with Crippen LogP contribution in [-0.2, 0) is 0 Å². The van der Waals surface area contributed by atoms with Crippen molar-refractivity contribution in [1.29, 1.82) is 0 Å². The van der Waals surface area contributed by atoms with Crippen LogP contribution in [0, 0.1) is 12.3 Å². The predicted molar refractivity (Wildman–Crippen MR) is 58.9 cm³/mol. The van der Waals surface area contributed by atoms with E-state index in [1.165, 1.54) is 0 Å². The van der Waals surface area contributed by atoms with Crippen LogP contribution in [0.4, 0.5) is 0 Å². The molecule has 1 aliphatic rings. The number of ketones is 1. The molecule has 0 spiro atoms. The summed E-state index contributed by atoms with van der Waals surface area (Å²) in [5.41, 5.74) is 1.37. The summed E-state index contributed by atoms with van der Waals surface area (Å²) in [6.45, 7) is 1.96. The van der Waals surface area contributed by atoms with E-state index in [0.29, 0.717) is 0 Å². The van der Waals surface area contributed by atoms with E-state index in [9.17, 15) is 9.90 Å². The van der Waals surface area contributed by atoms with Gasteiger partial charge >= 0.3 is 0 Å². The van der Waals surface area contributed by atoms with Crippen molar-refractivity contribution in [3.05, 3.63) is 35.4 Å². The van der Waals surface area contributed by atoms with E-state index >= 15 is 0 Å². The normalized spacial score (nSPS) is 18.3. The maximum atomic E-state index is 12.2. The standard InChI is InChI=1S/C13H16O2/c1-10-4-2-5-11(8-10)12(15)13(9-14)6-3-7-13/h2,4-5,8,14H,3,6-7,9H2,1H3. The van der Waals surface area contributed by atoms with E-state index in [0.717, 1.165) is 30.4 Å². The summed E-state index contributed by atoms with van der Waals surface area (Å²) >= 11 is 0. The summed E-state index contributed by atoms with van der Waals surface area (Å²) in [5, 5.41) is 9.32. The molecule has 0 aromatic heterocycles. The van der Waals surface area contributed by atoms with Gasteiger partial charge in [-0.15, -0.1) is 0 Å². The highest BCUT2D eigenvalue weighted by molar-refractivity contribution is 6.01. The molecule has 1 aromatic carbocycles. The third kappa shape index (κ3) is 1.70. The number of carbonyl (C=O) groups is 1. The molecule has 2 rings (SSSR count). The lowest BCUT2D eigenvalue weighted by Gasteiger charge is -2.38. The van der Waals surface area contributed by atoms with Crippen LogP contribution in [0.5, 0.6) is 0 Å². The van der Waals surface area contributed by atoms with Crippen molar-refractivity contribution >= 4 is 5.78 Å². The van der Waals surface area contributed by atoms with Gasteiger partial charge in [0.15, 0.2) is 5.78 Å². The molecule has 0 amide bonds. The molecule has 0 unspecified atom stereocenters. The molecule has 2 heteroatoms. The third-order valence-electron chi connectivity index (χ3n) is 3.38. The lowest BCUT2D eigenvalue weighted by atomic mass is 9.65. The Bertz CT molecular complexity index is 372. The van der Waals surface area contributed by atoms with Gasteiger partial charge in [0.05, 0.1) is 12.0 Å². The van der Waals surface area contributed by atoms with Crippen molar-refractivity contribution in [2.45, 2.75) is 26.2 Å². The second kappa shape index (κ2) is 3.78. The van der Waals surface area contributed by atoms with Gasteiger partial charge in [0.25, 0.3) is 0 Å². The number of hydrogen-bond acceptors (Lipinski definition) is 2. The summed E-state index contributed by atoms with van der Waals surface area (Å²) in [7, 11) is 0. The molecule has 0 bridgehead atoms. The van der Waals surface area contributed by atoms with Gasteiger partial charge in [-0.1, -0.05) is 30.2 Å². The highest BCUT2D eigenvalue weighted by atomic mass is 16.3. The summed E-state index contributed by atoms with van der Waals surface area (Å²) in [4.78, 5) is 12.2. The maximum absolute atomic E-state index is 12.2. The summed E-state index contributed by atoms with van der Waals surface area (Å²) in [6, 6.07) is 7.61. The monoisotopic (exact) mass is 204 g/mol. The first kappa shape index (κ1) is 10.4. The van der Waals surface area contributed by atoms with Crippen molar-refractivity contribution in [3.8, 4) is 0 Å². The molecule has 2 nitrogen and oxygen atoms in total. The SMILES string of the molecule is Cc1cccc(C(=O)C2(CO)CCC2)c1. The predicted octanol–water partition coefficient (Wildman–Crippen LogP) is 2.34. The van der Waals surface area contributed by atoms with Crippen LogP contribution < -0.4 is 0 Å². The number of rotatable bonds is 3. The van der Waals surface area contributed by atoms with Crippen molar-refractivity contribution < 1.29 is 9.90 Å². The van der Waals surface area contributed by atoms with Crippen LogP contribution in [0.25, 0.3) is 0 Å². The van der Waals surface area contributed by atoms with Crippen LogP contribution in [0.3, 0.4) is 0 Å². The minimum absolute atomic E-state index is 0.0141. The van der Waals surface area contributed by atoms with Crippen LogP contribution in [0.1, 0.15) is 35.2 Å². The van der Waals surface area contributed by atoms with Crippen LogP contribution in [0.15, 0.2) is 24.3 Å². The topological polar surface area (TPSA) is 37.3 Å². The average Bonchev–Trinajstić information content (AvgIpc) is 2.17. The number of aryl methyl sites for hydroxylation is 1. The molecule has 1 aromatic rings. The van der Waals surface area contributed by atoms with E-state index in [4.69, 9.17) is 0 Å². The quantitative estimate of drug-likeness (QED) is 0.767. The Morgan fingerprint density at radius 2 is 2.20 bits per heavy atom. The molecule has 0 radical (unpaired) electrons. The Morgan fingerprint density at radius 1 is 1.47 bits per heavy atom. The Morgan fingerprint density at radius 3 is 2.67 bits per heavy atom. The Balaban J connectivity index is 2.27. The van der Waals surface area contributed by atoms with Crippen LogP contribution in [0.2, 0.25) is 0 Å². The summed E-state index contributed by atoms with van der Waals surface area (Å²) < 4.78 is 0. The second-order valence-corrected chi connectivity index (χ2v) is 4.49. The molecule has 0 atom stereocenters. The highest BCUT2D eigenvalue weighted by Gasteiger charge is 2.43. The van der Waals surface area contributed by atoms with Gasteiger partial charge in [0.1, 0.15) is 0 Å². The number of Topliss-reactive ketones (excluding diaryl/α,β-unsaturated/α-hetero) is 1. The number of carbonyl (C=O) groups excluding carboxylic acids is 1. The lowest BCUT2D eigenvalue weighted by Crippen LogP contribution is -2.41. The first-order chi connectivity index (χ1) is 7.18. The van der Waals surface area contributed by atoms with Gasteiger partial charge in [0.2, 0.25) is 0 Å². The van der Waals surface area contributed by atoms with Gasteiger partial charge < -0.3 is 5.11 Å². The fourth-order valence-electron chi connectivity index (χ4n) is 2.15. The van der Waals surface area contributed by atoms with Crippen molar-refractivity contribution in [2.75, 3.05) is 6.61 Å². The van der Waals surface area contributed by atoms with E-state index in [2.05, 4.69) is 0 Å². The Kier molecular flexibility index (Phi) is 2.61. The van der Waals surface area contributed by atoms with Gasteiger partial charge in [-0.25, -0.2) is 0 Å². The van der Waals surface area contributed by atoms with Crippen molar-refractivity contribution in [2.24, 2.45) is 5.41 Å². The molecule has 0 heterocycles. The molecule has 0 saturated heterocycles. The first-order valence-corrected chi connectivity index (χ1v) is 5.40. The van der Waals surface area contributed by atoms with Gasteiger partial charge in [-0.3, -0.25) is 4.79 Å². The van der Waals surface area contributed by atoms with Crippen molar-refractivity contribution in [3.63, 3.8) is 0 Å². The number of aliphatic hydroxyl groups is 1. The molecule has 0 aliphatic heterocycles. The molecular formula is C13H16O2. The zero-order valence-electron chi connectivity index (χ0n) is 8.99. The van der Waals surface area contributed by atoms with E-state index < -0.39 is 5.41 Å².